The van der Waals surface area contributed by atoms with E-state index in [2.05, 4.69) is 21.8 Å². The van der Waals surface area contributed by atoms with Gasteiger partial charge in [-0.1, -0.05) is 17.7 Å². The standard InChI is InChI=1S/C22H25ClN2O2S2/c1-28-21-13-18(19(12-17(21)23)25-9-3-2-4-10-25)24-29-20-11-15(22(26)27)7-8-16(20)14-5-6-14/h7-8,11-14,24H,2-6,9-10H2,1H3,(H,26,27). The molecule has 7 heteroatoms. The summed E-state index contributed by atoms with van der Waals surface area (Å²) in [7, 11) is 0. The van der Waals surface area contributed by atoms with Gasteiger partial charge in [-0.05, 0) is 86.1 Å². The van der Waals surface area contributed by atoms with Gasteiger partial charge in [-0.15, -0.1) is 11.8 Å². The molecule has 2 aromatic carbocycles. The van der Waals surface area contributed by atoms with Gasteiger partial charge in [0.15, 0.2) is 0 Å². The number of carboxylic acid groups (broad SMARTS) is 1. The third kappa shape index (κ3) is 4.81. The fraction of sp³-hybridized carbons (Fsp3) is 0.409. The van der Waals surface area contributed by atoms with Gasteiger partial charge in [-0.25, -0.2) is 4.79 Å². The summed E-state index contributed by atoms with van der Waals surface area (Å²) in [4.78, 5) is 15.9. The summed E-state index contributed by atoms with van der Waals surface area (Å²) < 4.78 is 3.53. The zero-order chi connectivity index (χ0) is 20.4. The highest BCUT2D eigenvalue weighted by atomic mass is 35.5. The number of piperidine rings is 1. The molecule has 0 amide bonds. The summed E-state index contributed by atoms with van der Waals surface area (Å²) in [6.07, 6.45) is 8.05. The van der Waals surface area contributed by atoms with Gasteiger partial charge < -0.3 is 14.7 Å². The van der Waals surface area contributed by atoms with E-state index in [1.54, 1.807) is 23.9 Å². The molecule has 4 nitrogen and oxygen atoms in total. The summed E-state index contributed by atoms with van der Waals surface area (Å²) in [5.74, 6) is -0.338. The largest absolute Gasteiger partial charge is 0.478 e. The monoisotopic (exact) mass is 448 g/mol. The number of nitrogens with zero attached hydrogens (tertiary/aromatic N) is 1. The Morgan fingerprint density at radius 3 is 2.55 bits per heavy atom. The van der Waals surface area contributed by atoms with Crippen LogP contribution in [-0.4, -0.2) is 30.4 Å². The second kappa shape index (κ2) is 9.11. The van der Waals surface area contributed by atoms with Crippen molar-refractivity contribution in [3.63, 3.8) is 0 Å². The van der Waals surface area contributed by atoms with Gasteiger partial charge >= 0.3 is 5.97 Å². The highest BCUT2D eigenvalue weighted by Gasteiger charge is 2.27. The molecule has 1 saturated heterocycles. The molecular weight excluding hydrogens is 424 g/mol. The number of halogens is 1. The number of aromatic carboxylic acids is 1. The van der Waals surface area contributed by atoms with Gasteiger partial charge in [0.2, 0.25) is 0 Å². The van der Waals surface area contributed by atoms with E-state index in [0.717, 1.165) is 39.3 Å². The zero-order valence-electron chi connectivity index (χ0n) is 16.4. The van der Waals surface area contributed by atoms with Crippen molar-refractivity contribution in [1.29, 1.82) is 0 Å². The molecule has 4 rings (SSSR count). The van der Waals surface area contributed by atoms with Gasteiger partial charge in [-0.2, -0.15) is 0 Å². The molecule has 1 aliphatic heterocycles. The molecule has 1 saturated carbocycles. The number of rotatable bonds is 7. The molecule has 2 N–H and O–H groups in total. The van der Waals surface area contributed by atoms with Crippen molar-refractivity contribution in [1.82, 2.24) is 0 Å². The maximum atomic E-state index is 11.5. The van der Waals surface area contributed by atoms with Crippen molar-refractivity contribution in [2.24, 2.45) is 0 Å². The summed E-state index contributed by atoms with van der Waals surface area (Å²) in [6.45, 7) is 2.08. The molecule has 1 aliphatic carbocycles. The molecule has 0 aromatic heterocycles. The molecule has 0 bridgehead atoms. The number of benzene rings is 2. The van der Waals surface area contributed by atoms with Crippen LogP contribution < -0.4 is 9.62 Å². The van der Waals surface area contributed by atoms with Crippen molar-refractivity contribution >= 4 is 52.7 Å². The molecular formula is C22H25ClN2O2S2. The van der Waals surface area contributed by atoms with Crippen molar-refractivity contribution in [3.8, 4) is 0 Å². The molecule has 2 fully saturated rings. The number of hydrogen-bond acceptors (Lipinski definition) is 5. The lowest BCUT2D eigenvalue weighted by molar-refractivity contribution is 0.0696. The average Bonchev–Trinajstić information content (AvgIpc) is 3.58. The highest BCUT2D eigenvalue weighted by Crippen LogP contribution is 2.45. The molecule has 0 unspecified atom stereocenters. The topological polar surface area (TPSA) is 52.6 Å². The number of nitrogens with one attached hydrogen (secondary N) is 1. The predicted molar refractivity (Wildman–Crippen MR) is 124 cm³/mol. The Labute approximate surface area is 185 Å². The Balaban J connectivity index is 1.63. The van der Waals surface area contributed by atoms with Gasteiger partial charge in [0, 0.05) is 22.9 Å². The Morgan fingerprint density at radius 2 is 1.90 bits per heavy atom. The Morgan fingerprint density at radius 1 is 1.14 bits per heavy atom. The lowest BCUT2D eigenvalue weighted by Gasteiger charge is -2.31. The van der Waals surface area contributed by atoms with Crippen LogP contribution in [0.1, 0.15) is 53.9 Å². The lowest BCUT2D eigenvalue weighted by atomic mass is 10.1. The van der Waals surface area contributed by atoms with Crippen LogP contribution in [0.5, 0.6) is 0 Å². The van der Waals surface area contributed by atoms with Crippen LogP contribution in [0.2, 0.25) is 5.02 Å². The smallest absolute Gasteiger partial charge is 0.335 e. The van der Waals surface area contributed by atoms with Crippen LogP contribution in [0.25, 0.3) is 0 Å². The van der Waals surface area contributed by atoms with Crippen molar-refractivity contribution in [3.05, 3.63) is 46.5 Å². The van der Waals surface area contributed by atoms with Crippen LogP contribution >= 0.6 is 35.3 Å². The molecule has 0 radical (unpaired) electrons. The van der Waals surface area contributed by atoms with Crippen molar-refractivity contribution < 1.29 is 9.90 Å². The second-order valence-electron chi connectivity index (χ2n) is 7.59. The Hall–Kier alpha value is -1.50. The fourth-order valence-corrected chi connectivity index (χ4v) is 5.58. The maximum absolute atomic E-state index is 11.5. The number of carboxylic acids is 1. The fourth-order valence-electron chi connectivity index (χ4n) is 3.77. The van der Waals surface area contributed by atoms with Crippen LogP contribution in [0.4, 0.5) is 11.4 Å². The summed E-state index contributed by atoms with van der Waals surface area (Å²) in [5, 5.41) is 10.2. The first-order chi connectivity index (χ1) is 14.1. The highest BCUT2D eigenvalue weighted by molar-refractivity contribution is 8.00. The van der Waals surface area contributed by atoms with Crippen LogP contribution in [0.3, 0.4) is 0 Å². The van der Waals surface area contributed by atoms with Crippen LogP contribution in [-0.2, 0) is 0 Å². The second-order valence-corrected chi connectivity index (χ2v) is 9.69. The molecule has 2 aromatic rings. The minimum Gasteiger partial charge on any atom is -0.478 e. The number of hydrogen-bond donors (Lipinski definition) is 2. The van der Waals surface area contributed by atoms with Gasteiger partial charge in [0.1, 0.15) is 0 Å². The van der Waals surface area contributed by atoms with Crippen LogP contribution in [0, 0.1) is 0 Å². The molecule has 0 atom stereocenters. The van der Waals surface area contributed by atoms with E-state index in [-0.39, 0.29) is 0 Å². The maximum Gasteiger partial charge on any atom is 0.335 e. The third-order valence-corrected chi connectivity index (χ3v) is 7.61. The van der Waals surface area contributed by atoms with E-state index in [0.29, 0.717) is 11.5 Å². The van der Waals surface area contributed by atoms with Gasteiger partial charge in [0.05, 0.1) is 22.0 Å². The molecule has 0 spiro atoms. The third-order valence-electron chi connectivity index (χ3n) is 5.52. The van der Waals surface area contributed by atoms with Crippen molar-refractivity contribution in [2.75, 3.05) is 29.0 Å². The van der Waals surface area contributed by atoms with Crippen LogP contribution in [0.15, 0.2) is 40.1 Å². The summed E-state index contributed by atoms with van der Waals surface area (Å²) in [5.41, 5.74) is 3.73. The van der Waals surface area contributed by atoms with Gasteiger partial charge in [-0.3, -0.25) is 0 Å². The van der Waals surface area contributed by atoms with E-state index in [1.807, 2.05) is 12.3 Å². The number of carbonyl (C=O) groups is 1. The van der Waals surface area contributed by atoms with E-state index in [1.165, 1.54) is 49.6 Å². The normalized spacial score (nSPS) is 16.7. The van der Waals surface area contributed by atoms with E-state index in [4.69, 9.17) is 11.6 Å². The average molecular weight is 449 g/mol. The Bertz CT molecular complexity index is 912. The molecule has 154 valence electrons. The van der Waals surface area contributed by atoms with E-state index < -0.39 is 5.97 Å². The summed E-state index contributed by atoms with van der Waals surface area (Å²) >= 11 is 9.67. The van der Waals surface area contributed by atoms with Crippen molar-refractivity contribution in [2.45, 2.75) is 47.8 Å². The first-order valence-corrected chi connectivity index (χ1v) is 12.4. The lowest BCUT2D eigenvalue weighted by Crippen LogP contribution is -2.29. The first kappa shape index (κ1) is 20.8. The zero-order valence-corrected chi connectivity index (χ0v) is 18.8. The van der Waals surface area contributed by atoms with Gasteiger partial charge in [0.25, 0.3) is 0 Å². The SMILES string of the molecule is CSc1cc(NSc2cc(C(=O)O)ccc2C2CC2)c(N2CCCCC2)cc1Cl. The predicted octanol–water partition coefficient (Wildman–Crippen LogP) is 6.75. The summed E-state index contributed by atoms with van der Waals surface area (Å²) in [6, 6.07) is 9.66. The number of thioether (sulfide) groups is 1. The molecule has 2 aliphatic rings. The minimum absolute atomic E-state index is 0.330. The molecule has 1 heterocycles. The Kier molecular flexibility index (Phi) is 6.52. The van der Waals surface area contributed by atoms with E-state index in [9.17, 15) is 9.90 Å². The minimum atomic E-state index is -0.889. The quantitative estimate of drug-likeness (QED) is 0.361. The van der Waals surface area contributed by atoms with E-state index >= 15 is 0 Å². The molecule has 29 heavy (non-hydrogen) atoms. The first-order valence-electron chi connectivity index (χ1n) is 9.99. The number of anilines is 2.